The zero-order chi connectivity index (χ0) is 39.7. The molecule has 0 bridgehead atoms. The number of ether oxygens (including phenoxy) is 1. The first-order valence-electron chi connectivity index (χ1n) is 19.5. The van der Waals surface area contributed by atoms with Gasteiger partial charge in [-0.25, -0.2) is 9.78 Å². The number of aryl methyl sites for hydroxylation is 1. The van der Waals surface area contributed by atoms with Gasteiger partial charge in [0.2, 0.25) is 17.8 Å². The van der Waals surface area contributed by atoms with Crippen LogP contribution < -0.4 is 16.3 Å². The Hall–Kier alpha value is -5.10. The molecular formula is C40H47F3N10O4. The Morgan fingerprint density at radius 1 is 0.947 bits per heavy atom. The van der Waals surface area contributed by atoms with Crippen molar-refractivity contribution in [3.63, 3.8) is 0 Å². The molecule has 3 aliphatic rings. The summed E-state index contributed by atoms with van der Waals surface area (Å²) in [5.74, 6) is -0.580. The number of rotatable bonds is 14. The number of H-pyrrole nitrogens is 1. The topological polar surface area (TPSA) is 146 Å². The summed E-state index contributed by atoms with van der Waals surface area (Å²) in [5.41, 5.74) is 5.99. The largest absolute Gasteiger partial charge is 0.390 e. The zero-order valence-electron chi connectivity index (χ0n) is 31.9. The molecular weight excluding hydrogens is 742 g/mol. The number of amides is 2. The van der Waals surface area contributed by atoms with Crippen LogP contribution in [0.4, 0.5) is 19.1 Å². The third-order valence-corrected chi connectivity index (χ3v) is 11.4. The number of nitrogens with one attached hydrogen (secondary N) is 3. The fourth-order valence-corrected chi connectivity index (χ4v) is 8.12. The average Bonchev–Trinajstić information content (AvgIpc) is 3.70. The summed E-state index contributed by atoms with van der Waals surface area (Å²) >= 11 is 0. The van der Waals surface area contributed by atoms with Crippen LogP contribution in [-0.4, -0.2) is 128 Å². The third-order valence-electron chi connectivity index (χ3n) is 11.4. The van der Waals surface area contributed by atoms with Gasteiger partial charge in [-0.15, -0.1) is 0 Å². The summed E-state index contributed by atoms with van der Waals surface area (Å²) in [6.07, 6.45) is -0.456. The van der Waals surface area contributed by atoms with E-state index in [1.165, 1.54) is 10.1 Å². The van der Waals surface area contributed by atoms with E-state index in [1.807, 2.05) is 24.4 Å². The van der Waals surface area contributed by atoms with Crippen LogP contribution in [0.15, 0.2) is 59.7 Å². The highest BCUT2D eigenvalue weighted by atomic mass is 19.4. The predicted octanol–water partition coefficient (Wildman–Crippen LogP) is 3.68. The summed E-state index contributed by atoms with van der Waals surface area (Å²) in [4.78, 5) is 56.3. The van der Waals surface area contributed by atoms with Crippen LogP contribution in [-0.2, 0) is 34.3 Å². The van der Waals surface area contributed by atoms with E-state index in [2.05, 4.69) is 64.6 Å². The van der Waals surface area contributed by atoms with Crippen LogP contribution in [0.2, 0.25) is 0 Å². The fraction of sp³-hybridized carbons (Fsp3) is 0.475. The molecule has 1 atom stereocenters. The highest BCUT2D eigenvalue weighted by molar-refractivity contribution is 6.00. The summed E-state index contributed by atoms with van der Waals surface area (Å²) < 4.78 is 46.5. The number of aromatic nitrogens is 5. The molecule has 14 nitrogen and oxygen atoms in total. The number of hydrogen-bond donors (Lipinski definition) is 3. The summed E-state index contributed by atoms with van der Waals surface area (Å²) in [6.45, 7) is 8.95. The monoisotopic (exact) mass is 788 g/mol. The second-order valence-corrected chi connectivity index (χ2v) is 15.2. The van der Waals surface area contributed by atoms with E-state index in [-0.39, 0.29) is 30.5 Å². The van der Waals surface area contributed by atoms with Crippen LogP contribution in [0.1, 0.15) is 36.4 Å². The van der Waals surface area contributed by atoms with Crippen molar-refractivity contribution >= 4 is 39.8 Å². The highest BCUT2D eigenvalue weighted by Gasteiger charge is 2.34. The number of imide groups is 1. The van der Waals surface area contributed by atoms with Gasteiger partial charge in [-0.05, 0) is 41.7 Å². The van der Waals surface area contributed by atoms with E-state index in [0.717, 1.165) is 80.0 Å². The van der Waals surface area contributed by atoms with Gasteiger partial charge < -0.3 is 15.0 Å². The van der Waals surface area contributed by atoms with Crippen LogP contribution in [0.3, 0.4) is 0 Å². The maximum absolute atomic E-state index is 13.0. The molecule has 8 rings (SSSR count). The molecule has 302 valence electrons. The first-order valence-corrected chi connectivity index (χ1v) is 19.5. The standard InChI is InChI=1S/C40H47F3N10O4/c1-49-34-20-26(4-7-32(34)53(39(49)56)33-8-9-35(54)47-37(33)55)10-18-57-19-17-51-24-29(25-51)52-15-13-50(14-16-52)23-27-2-5-28(6-3-27)30-21-45-36-31(30)22-46-38(48-36)44-12-11-40(41,42)43/h2-7,20-22,29,33H,8-19,23-25H2,1H3,(H,47,54,55)(H2,44,45,46,48). The van der Waals surface area contributed by atoms with Crippen molar-refractivity contribution in [3.8, 4) is 11.1 Å². The number of anilines is 1. The number of aromatic amines is 1. The average molecular weight is 789 g/mol. The van der Waals surface area contributed by atoms with Gasteiger partial charge in [0.1, 0.15) is 11.7 Å². The van der Waals surface area contributed by atoms with Crippen LogP contribution in [0, 0.1) is 0 Å². The smallest absolute Gasteiger partial charge is 0.380 e. The molecule has 2 aromatic carbocycles. The van der Waals surface area contributed by atoms with E-state index in [9.17, 15) is 27.6 Å². The molecule has 2 amide bonds. The lowest BCUT2D eigenvalue weighted by atomic mass is 10.0. The van der Waals surface area contributed by atoms with Crippen molar-refractivity contribution in [2.24, 2.45) is 7.05 Å². The van der Waals surface area contributed by atoms with E-state index in [0.29, 0.717) is 43.3 Å². The number of halogens is 3. The first-order chi connectivity index (χ1) is 27.5. The Morgan fingerprint density at radius 2 is 1.72 bits per heavy atom. The van der Waals surface area contributed by atoms with Gasteiger partial charge in [0.15, 0.2) is 0 Å². The maximum atomic E-state index is 13.0. The van der Waals surface area contributed by atoms with E-state index in [4.69, 9.17) is 4.74 Å². The number of nitrogens with zero attached hydrogens (tertiary/aromatic N) is 7. The number of carbonyl (C=O) groups excluding carboxylic acids is 2. The van der Waals surface area contributed by atoms with Gasteiger partial charge in [0.25, 0.3) is 0 Å². The fourth-order valence-electron chi connectivity index (χ4n) is 8.12. The Labute approximate surface area is 327 Å². The normalized spacial score (nSPS) is 19.1. The second kappa shape index (κ2) is 16.4. The predicted molar refractivity (Wildman–Crippen MR) is 209 cm³/mol. The van der Waals surface area contributed by atoms with E-state index in [1.54, 1.807) is 17.8 Å². The number of alkyl halides is 3. The number of hydrogen-bond acceptors (Lipinski definition) is 10. The molecule has 5 aromatic rings. The van der Waals surface area contributed by atoms with E-state index < -0.39 is 24.5 Å². The van der Waals surface area contributed by atoms with Crippen LogP contribution in [0.5, 0.6) is 0 Å². The summed E-state index contributed by atoms with van der Waals surface area (Å²) in [5, 5.41) is 5.80. The van der Waals surface area contributed by atoms with Gasteiger partial charge in [0.05, 0.1) is 30.7 Å². The second-order valence-electron chi connectivity index (χ2n) is 15.2. The van der Waals surface area contributed by atoms with Crippen molar-refractivity contribution in [3.05, 3.63) is 76.5 Å². The molecule has 1 unspecified atom stereocenters. The molecule has 0 aliphatic carbocycles. The van der Waals surface area contributed by atoms with Crippen molar-refractivity contribution < 1.29 is 27.5 Å². The lowest BCUT2D eigenvalue weighted by Crippen LogP contribution is -2.63. The van der Waals surface area contributed by atoms with Gasteiger partial charge in [-0.3, -0.25) is 38.7 Å². The number of carbonyl (C=O) groups is 2. The molecule has 0 spiro atoms. The minimum absolute atomic E-state index is 0.162. The van der Waals surface area contributed by atoms with Crippen molar-refractivity contribution in [2.45, 2.75) is 50.5 Å². The Bertz CT molecular complexity index is 2290. The minimum atomic E-state index is -4.23. The number of piperazine rings is 1. The molecule has 3 saturated heterocycles. The molecule has 3 fully saturated rings. The molecule has 3 N–H and O–H groups in total. The van der Waals surface area contributed by atoms with Crippen molar-refractivity contribution in [2.75, 3.05) is 70.9 Å². The van der Waals surface area contributed by atoms with Crippen molar-refractivity contribution in [1.82, 2.24) is 44.1 Å². The first kappa shape index (κ1) is 38.8. The van der Waals surface area contributed by atoms with Crippen LogP contribution >= 0.6 is 0 Å². The Morgan fingerprint density at radius 3 is 2.47 bits per heavy atom. The number of imidazole rings is 1. The number of likely N-dealkylation sites (tertiary alicyclic amines) is 1. The minimum Gasteiger partial charge on any atom is -0.380 e. The van der Waals surface area contributed by atoms with Gasteiger partial charge in [0, 0.05) is 102 Å². The molecule has 0 saturated carbocycles. The Balaban J connectivity index is 0.728. The molecule has 17 heteroatoms. The molecule has 0 radical (unpaired) electrons. The highest BCUT2D eigenvalue weighted by Crippen LogP contribution is 2.29. The van der Waals surface area contributed by atoms with E-state index >= 15 is 0 Å². The number of fused-ring (bicyclic) bond motifs is 2. The lowest BCUT2D eigenvalue weighted by Gasteiger charge is -2.48. The Kier molecular flexibility index (Phi) is 11.2. The lowest BCUT2D eigenvalue weighted by molar-refractivity contribution is -0.136. The van der Waals surface area contributed by atoms with Gasteiger partial charge in [-0.1, -0.05) is 30.3 Å². The zero-order valence-corrected chi connectivity index (χ0v) is 31.9. The molecule has 57 heavy (non-hydrogen) atoms. The maximum Gasteiger partial charge on any atom is 0.390 e. The van der Waals surface area contributed by atoms with Crippen molar-refractivity contribution in [1.29, 1.82) is 0 Å². The summed E-state index contributed by atoms with van der Waals surface area (Å²) in [7, 11) is 1.70. The van der Waals surface area contributed by atoms with Gasteiger partial charge in [-0.2, -0.15) is 18.2 Å². The molecule has 3 aliphatic heterocycles. The summed E-state index contributed by atoms with van der Waals surface area (Å²) in [6, 6.07) is 14.2. The van der Waals surface area contributed by atoms with Gasteiger partial charge >= 0.3 is 11.9 Å². The number of piperidine rings is 1. The molecule has 3 aromatic heterocycles. The third kappa shape index (κ3) is 8.76. The quantitative estimate of drug-likeness (QED) is 0.113. The molecule has 6 heterocycles. The number of benzene rings is 2. The van der Waals surface area contributed by atoms with Crippen LogP contribution in [0.25, 0.3) is 33.2 Å². The SMILES string of the molecule is Cn1c(=O)n(C2CCC(=O)NC2=O)c2ccc(CCOCCN3CC(N4CCN(Cc5ccc(-c6c[nH]c7nc(NCCC(F)(F)F)ncc67)cc5)CC4)C3)cc21.